The van der Waals surface area contributed by atoms with E-state index in [1.165, 1.54) is 6.20 Å². The third-order valence-electron chi connectivity index (χ3n) is 4.96. The lowest BCUT2D eigenvalue weighted by atomic mass is 9.91. The van der Waals surface area contributed by atoms with Crippen molar-refractivity contribution in [1.82, 2.24) is 15.1 Å². The number of nitrogens with zero attached hydrogens (tertiary/aromatic N) is 2. The average Bonchev–Trinajstić information content (AvgIpc) is 2.77. The van der Waals surface area contributed by atoms with E-state index in [0.29, 0.717) is 17.4 Å². The summed E-state index contributed by atoms with van der Waals surface area (Å²) in [6, 6.07) is 27.4. The molecule has 1 aromatic heterocycles. The number of para-hydroxylation sites is 1. The number of carbonyl (C=O) groups is 1. The quantitative estimate of drug-likeness (QED) is 0.555. The number of rotatable bonds is 6. The van der Waals surface area contributed by atoms with Crippen molar-refractivity contribution in [1.29, 1.82) is 0 Å². The normalized spacial score (nSPS) is 10.9. The van der Waals surface area contributed by atoms with Gasteiger partial charge < -0.3 is 5.32 Å². The second-order valence-electron chi connectivity index (χ2n) is 6.86. The maximum Gasteiger partial charge on any atom is 0.241 e. The van der Waals surface area contributed by atoms with Gasteiger partial charge in [0.25, 0.3) is 0 Å². The minimum atomic E-state index is -0.150. The summed E-state index contributed by atoms with van der Waals surface area (Å²) in [6.07, 6.45) is 1.26. The zero-order chi connectivity index (χ0) is 20.1. The number of carbonyl (C=O) groups excluding carboxylic acids is 1. The molecule has 0 aliphatic rings. The van der Waals surface area contributed by atoms with Crippen LogP contribution >= 0.6 is 0 Å². The fraction of sp³-hybridized carbons (Fsp3) is 0.125. The van der Waals surface area contributed by atoms with Gasteiger partial charge in [-0.15, -0.1) is 0 Å². The molecule has 4 rings (SSSR count). The summed E-state index contributed by atoms with van der Waals surface area (Å²) in [4.78, 5) is 24.6. The zero-order valence-electron chi connectivity index (χ0n) is 15.9. The largest absolute Gasteiger partial charge is 0.354 e. The smallest absolute Gasteiger partial charge is 0.241 e. The van der Waals surface area contributed by atoms with Gasteiger partial charge in [0.15, 0.2) is 0 Å². The molecule has 29 heavy (non-hydrogen) atoms. The summed E-state index contributed by atoms with van der Waals surface area (Å²) < 4.78 is 1.56. The SMILES string of the molecule is O=C(Cn1ncc(=O)c2ccccc21)NCC(c1ccccc1)c1ccccc1. The van der Waals surface area contributed by atoms with E-state index in [1.807, 2.05) is 42.5 Å². The van der Waals surface area contributed by atoms with Gasteiger partial charge in [-0.2, -0.15) is 5.10 Å². The van der Waals surface area contributed by atoms with Crippen molar-refractivity contribution in [3.63, 3.8) is 0 Å². The number of hydrogen-bond acceptors (Lipinski definition) is 3. The van der Waals surface area contributed by atoms with Crippen LogP contribution in [0, 0.1) is 0 Å². The topological polar surface area (TPSA) is 64.0 Å². The third-order valence-corrected chi connectivity index (χ3v) is 4.96. The lowest BCUT2D eigenvalue weighted by Gasteiger charge is -2.19. The maximum atomic E-state index is 12.7. The van der Waals surface area contributed by atoms with Crippen LogP contribution in [-0.2, 0) is 11.3 Å². The first-order valence-electron chi connectivity index (χ1n) is 9.54. The number of hydrogen-bond donors (Lipinski definition) is 1. The van der Waals surface area contributed by atoms with Crippen molar-refractivity contribution in [3.8, 4) is 0 Å². The van der Waals surface area contributed by atoms with Crippen molar-refractivity contribution in [2.75, 3.05) is 6.54 Å². The van der Waals surface area contributed by atoms with Gasteiger partial charge in [0.1, 0.15) is 6.54 Å². The van der Waals surface area contributed by atoms with Crippen LogP contribution in [0.3, 0.4) is 0 Å². The lowest BCUT2D eigenvalue weighted by molar-refractivity contribution is -0.121. The second-order valence-corrected chi connectivity index (χ2v) is 6.86. The van der Waals surface area contributed by atoms with Gasteiger partial charge in [-0.05, 0) is 23.3 Å². The Kier molecular flexibility index (Phi) is 5.47. The first-order valence-corrected chi connectivity index (χ1v) is 9.54. The number of fused-ring (bicyclic) bond motifs is 1. The second kappa shape index (κ2) is 8.52. The summed E-state index contributed by atoms with van der Waals surface area (Å²) in [7, 11) is 0. The van der Waals surface area contributed by atoms with Gasteiger partial charge in [-0.3, -0.25) is 14.3 Å². The van der Waals surface area contributed by atoms with Crippen molar-refractivity contribution in [3.05, 3.63) is 112 Å². The van der Waals surface area contributed by atoms with Crippen LogP contribution in [0.5, 0.6) is 0 Å². The minimum Gasteiger partial charge on any atom is -0.354 e. The molecule has 0 saturated heterocycles. The van der Waals surface area contributed by atoms with Crippen molar-refractivity contribution in [2.45, 2.75) is 12.5 Å². The summed E-state index contributed by atoms with van der Waals surface area (Å²) in [6.45, 7) is 0.530. The van der Waals surface area contributed by atoms with Crippen molar-refractivity contribution < 1.29 is 4.79 Å². The Bertz CT molecular complexity index is 1130. The Balaban J connectivity index is 1.52. The maximum absolute atomic E-state index is 12.7. The van der Waals surface area contributed by atoms with Gasteiger partial charge in [-0.1, -0.05) is 72.8 Å². The van der Waals surface area contributed by atoms with E-state index in [9.17, 15) is 9.59 Å². The predicted octanol–water partition coefficient (Wildman–Crippen LogP) is 3.34. The molecule has 1 N–H and O–H groups in total. The predicted molar refractivity (Wildman–Crippen MR) is 114 cm³/mol. The highest BCUT2D eigenvalue weighted by molar-refractivity contribution is 5.81. The zero-order valence-corrected chi connectivity index (χ0v) is 15.9. The molecule has 4 aromatic rings. The van der Waals surface area contributed by atoms with Crippen molar-refractivity contribution in [2.24, 2.45) is 0 Å². The van der Waals surface area contributed by atoms with E-state index >= 15 is 0 Å². The number of nitrogens with one attached hydrogen (secondary N) is 1. The average molecular weight is 383 g/mol. The molecule has 0 spiro atoms. The molecule has 1 heterocycles. The van der Waals surface area contributed by atoms with Crippen LogP contribution in [0.4, 0.5) is 0 Å². The molecule has 0 fully saturated rings. The Morgan fingerprint density at radius 2 is 1.45 bits per heavy atom. The highest BCUT2D eigenvalue weighted by Gasteiger charge is 2.16. The van der Waals surface area contributed by atoms with E-state index in [2.05, 4.69) is 34.7 Å². The number of aromatic nitrogens is 2. The van der Waals surface area contributed by atoms with E-state index in [0.717, 1.165) is 11.1 Å². The van der Waals surface area contributed by atoms with Crippen LogP contribution < -0.4 is 10.7 Å². The molecule has 0 aliphatic carbocycles. The van der Waals surface area contributed by atoms with Gasteiger partial charge >= 0.3 is 0 Å². The highest BCUT2D eigenvalue weighted by Crippen LogP contribution is 2.23. The van der Waals surface area contributed by atoms with Gasteiger partial charge in [0.2, 0.25) is 11.3 Å². The van der Waals surface area contributed by atoms with Crippen LogP contribution in [0.25, 0.3) is 10.9 Å². The molecule has 0 radical (unpaired) electrons. The molecule has 0 bridgehead atoms. The summed E-state index contributed by atoms with van der Waals surface area (Å²) >= 11 is 0. The third kappa shape index (κ3) is 4.24. The molecule has 144 valence electrons. The van der Waals surface area contributed by atoms with Crippen LogP contribution in [0.15, 0.2) is 95.9 Å². The molecule has 0 atom stereocenters. The molecular weight excluding hydrogens is 362 g/mol. The highest BCUT2D eigenvalue weighted by atomic mass is 16.2. The molecule has 0 unspecified atom stereocenters. The Hall–Kier alpha value is -3.73. The van der Waals surface area contributed by atoms with Gasteiger partial charge in [-0.25, -0.2) is 0 Å². The molecule has 3 aromatic carbocycles. The van der Waals surface area contributed by atoms with E-state index in [4.69, 9.17) is 0 Å². The van der Waals surface area contributed by atoms with Gasteiger partial charge in [0, 0.05) is 17.8 Å². The van der Waals surface area contributed by atoms with E-state index < -0.39 is 0 Å². The summed E-state index contributed by atoms with van der Waals surface area (Å²) in [5, 5.41) is 7.72. The standard InChI is InChI=1S/C24H21N3O2/c28-23-16-26-27(22-14-8-7-13-20(22)23)17-24(29)25-15-21(18-9-3-1-4-10-18)19-11-5-2-6-12-19/h1-14,16,21H,15,17H2,(H,25,29). The fourth-order valence-electron chi connectivity index (χ4n) is 3.49. The first kappa shape index (κ1) is 18.6. The fourth-order valence-corrected chi connectivity index (χ4v) is 3.49. The lowest BCUT2D eigenvalue weighted by Crippen LogP contribution is -2.32. The molecule has 0 saturated carbocycles. The Morgan fingerprint density at radius 1 is 0.862 bits per heavy atom. The van der Waals surface area contributed by atoms with Crippen LogP contribution in [0.1, 0.15) is 17.0 Å². The molecular formula is C24H21N3O2. The Morgan fingerprint density at radius 3 is 2.10 bits per heavy atom. The van der Waals surface area contributed by atoms with Crippen LogP contribution in [0.2, 0.25) is 0 Å². The number of amides is 1. The van der Waals surface area contributed by atoms with Crippen molar-refractivity contribution >= 4 is 16.8 Å². The minimum absolute atomic E-state index is 0.0527. The Labute approximate surface area is 168 Å². The van der Waals surface area contributed by atoms with E-state index in [-0.39, 0.29) is 23.8 Å². The molecule has 0 aliphatic heterocycles. The number of benzene rings is 3. The van der Waals surface area contributed by atoms with E-state index in [1.54, 1.807) is 22.9 Å². The van der Waals surface area contributed by atoms with Gasteiger partial charge in [0.05, 0.1) is 11.7 Å². The monoisotopic (exact) mass is 383 g/mol. The summed E-state index contributed by atoms with van der Waals surface area (Å²) in [5.41, 5.74) is 2.79. The van der Waals surface area contributed by atoms with Crippen LogP contribution in [-0.4, -0.2) is 22.2 Å². The molecule has 5 heteroatoms. The molecule has 1 amide bonds. The molecule has 5 nitrogen and oxygen atoms in total. The first-order chi connectivity index (χ1) is 14.2. The summed E-state index contributed by atoms with van der Waals surface area (Å²) in [5.74, 6) is -0.0942.